The summed E-state index contributed by atoms with van der Waals surface area (Å²) in [4.78, 5) is 2.48. The molecule has 0 saturated carbocycles. The molecule has 3 nitrogen and oxygen atoms in total. The van der Waals surface area contributed by atoms with Crippen molar-refractivity contribution in [2.24, 2.45) is 11.8 Å². The lowest BCUT2D eigenvalue weighted by molar-refractivity contribution is 0.0132. The minimum absolute atomic E-state index is 0.634. The van der Waals surface area contributed by atoms with Gasteiger partial charge < -0.3 is 15.0 Å². The molecule has 102 valence electrons. The molecule has 17 heavy (non-hydrogen) atoms. The second kappa shape index (κ2) is 7.34. The standard InChI is InChI=1S/C14H30N2O/c1-6-15-14-7-8-17-10-13(14)9-16(5)12(4)11(2)3/h11-15H,6-10H2,1-5H3. The average Bonchev–Trinajstić information content (AvgIpc) is 2.30. The number of nitrogens with one attached hydrogen (secondary N) is 1. The van der Waals surface area contributed by atoms with E-state index in [1.165, 1.54) is 0 Å². The minimum atomic E-state index is 0.634. The fourth-order valence-electron chi connectivity index (χ4n) is 2.55. The van der Waals surface area contributed by atoms with E-state index in [2.05, 4.69) is 45.0 Å². The van der Waals surface area contributed by atoms with Crippen molar-refractivity contribution in [1.82, 2.24) is 10.2 Å². The molecule has 0 aromatic carbocycles. The molecule has 1 rings (SSSR count). The van der Waals surface area contributed by atoms with Crippen LogP contribution in [0.3, 0.4) is 0 Å². The zero-order valence-electron chi connectivity index (χ0n) is 12.2. The molecule has 1 fully saturated rings. The summed E-state index contributed by atoms with van der Waals surface area (Å²) in [6.07, 6.45) is 1.16. The fourth-order valence-corrected chi connectivity index (χ4v) is 2.55. The molecule has 1 saturated heterocycles. The van der Waals surface area contributed by atoms with Gasteiger partial charge in [0.15, 0.2) is 0 Å². The molecule has 1 heterocycles. The van der Waals surface area contributed by atoms with Crippen LogP contribution >= 0.6 is 0 Å². The van der Waals surface area contributed by atoms with Crippen LogP contribution in [0, 0.1) is 11.8 Å². The third-order valence-corrected chi connectivity index (χ3v) is 4.12. The quantitative estimate of drug-likeness (QED) is 0.771. The zero-order chi connectivity index (χ0) is 12.8. The highest BCUT2D eigenvalue weighted by atomic mass is 16.5. The van der Waals surface area contributed by atoms with Crippen LogP contribution in [0.2, 0.25) is 0 Å². The summed E-state index contributed by atoms with van der Waals surface area (Å²) in [5.41, 5.74) is 0. The van der Waals surface area contributed by atoms with E-state index in [4.69, 9.17) is 4.74 Å². The Hall–Kier alpha value is -0.120. The Labute approximate surface area is 107 Å². The second-order valence-electron chi connectivity index (χ2n) is 5.71. The van der Waals surface area contributed by atoms with Crippen LogP contribution < -0.4 is 5.32 Å². The van der Waals surface area contributed by atoms with Crippen molar-refractivity contribution in [3.8, 4) is 0 Å². The fraction of sp³-hybridized carbons (Fsp3) is 1.00. The Morgan fingerprint density at radius 3 is 2.65 bits per heavy atom. The molecule has 0 aromatic heterocycles. The highest BCUT2D eigenvalue weighted by molar-refractivity contribution is 4.82. The van der Waals surface area contributed by atoms with Crippen molar-refractivity contribution in [2.45, 2.75) is 46.2 Å². The Kier molecular flexibility index (Phi) is 6.45. The first-order valence-electron chi connectivity index (χ1n) is 7.07. The van der Waals surface area contributed by atoms with E-state index in [0.717, 1.165) is 32.7 Å². The summed E-state index contributed by atoms with van der Waals surface area (Å²) >= 11 is 0. The van der Waals surface area contributed by atoms with Gasteiger partial charge in [-0.2, -0.15) is 0 Å². The first-order valence-corrected chi connectivity index (χ1v) is 7.07. The van der Waals surface area contributed by atoms with Gasteiger partial charge in [-0.3, -0.25) is 0 Å². The maximum Gasteiger partial charge on any atom is 0.0521 e. The molecule has 1 aliphatic rings. The predicted molar refractivity (Wildman–Crippen MR) is 73.3 cm³/mol. The van der Waals surface area contributed by atoms with Gasteiger partial charge in [0.2, 0.25) is 0 Å². The summed E-state index contributed by atoms with van der Waals surface area (Å²) in [6.45, 7) is 13.1. The van der Waals surface area contributed by atoms with Crippen LogP contribution in [0.4, 0.5) is 0 Å². The molecule has 0 amide bonds. The monoisotopic (exact) mass is 242 g/mol. The Balaban J connectivity index is 2.46. The Morgan fingerprint density at radius 2 is 2.06 bits per heavy atom. The lowest BCUT2D eigenvalue weighted by Crippen LogP contribution is -2.49. The third-order valence-electron chi connectivity index (χ3n) is 4.12. The SMILES string of the molecule is CCNC1CCOCC1CN(C)C(C)C(C)C. The van der Waals surface area contributed by atoms with Crippen LogP contribution in [0.15, 0.2) is 0 Å². The van der Waals surface area contributed by atoms with Crippen molar-refractivity contribution in [3.63, 3.8) is 0 Å². The van der Waals surface area contributed by atoms with Crippen LogP contribution in [0.1, 0.15) is 34.1 Å². The Morgan fingerprint density at radius 1 is 1.35 bits per heavy atom. The average molecular weight is 242 g/mol. The van der Waals surface area contributed by atoms with E-state index in [1.54, 1.807) is 0 Å². The molecule has 0 aromatic rings. The van der Waals surface area contributed by atoms with Crippen molar-refractivity contribution in [3.05, 3.63) is 0 Å². The first-order chi connectivity index (χ1) is 8.06. The molecule has 3 atom stereocenters. The van der Waals surface area contributed by atoms with Gasteiger partial charge in [0.1, 0.15) is 0 Å². The lowest BCUT2D eigenvalue weighted by atomic mass is 9.94. The summed E-state index contributed by atoms with van der Waals surface area (Å²) in [7, 11) is 2.24. The van der Waals surface area contributed by atoms with Gasteiger partial charge in [-0.25, -0.2) is 0 Å². The smallest absolute Gasteiger partial charge is 0.0521 e. The maximum absolute atomic E-state index is 5.63. The largest absolute Gasteiger partial charge is 0.381 e. The topological polar surface area (TPSA) is 24.5 Å². The van der Waals surface area contributed by atoms with Gasteiger partial charge in [-0.15, -0.1) is 0 Å². The van der Waals surface area contributed by atoms with Gasteiger partial charge in [-0.1, -0.05) is 20.8 Å². The molecule has 1 aliphatic heterocycles. The highest BCUT2D eigenvalue weighted by Gasteiger charge is 2.27. The Bertz CT molecular complexity index is 206. The molecular formula is C14H30N2O. The van der Waals surface area contributed by atoms with E-state index in [0.29, 0.717) is 23.9 Å². The van der Waals surface area contributed by atoms with Gasteiger partial charge in [0.05, 0.1) is 6.61 Å². The van der Waals surface area contributed by atoms with Crippen LogP contribution in [0.5, 0.6) is 0 Å². The van der Waals surface area contributed by atoms with E-state index in [1.807, 2.05) is 0 Å². The van der Waals surface area contributed by atoms with E-state index < -0.39 is 0 Å². The molecule has 3 heteroatoms. The summed E-state index contributed by atoms with van der Waals surface area (Å²) < 4.78 is 5.63. The first kappa shape index (κ1) is 14.9. The summed E-state index contributed by atoms with van der Waals surface area (Å²) in [6, 6.07) is 1.27. The van der Waals surface area contributed by atoms with Crippen molar-refractivity contribution >= 4 is 0 Å². The second-order valence-corrected chi connectivity index (χ2v) is 5.71. The molecule has 0 aliphatic carbocycles. The molecule has 1 N–H and O–H groups in total. The van der Waals surface area contributed by atoms with Crippen LogP contribution in [-0.4, -0.2) is 50.3 Å². The number of rotatable bonds is 6. The summed E-state index contributed by atoms with van der Waals surface area (Å²) in [5.74, 6) is 1.34. The third kappa shape index (κ3) is 4.57. The van der Waals surface area contributed by atoms with E-state index in [9.17, 15) is 0 Å². The number of hydrogen-bond donors (Lipinski definition) is 1. The normalized spacial score (nSPS) is 27.7. The van der Waals surface area contributed by atoms with E-state index >= 15 is 0 Å². The van der Waals surface area contributed by atoms with E-state index in [-0.39, 0.29) is 0 Å². The lowest BCUT2D eigenvalue weighted by Gasteiger charge is -2.37. The molecule has 0 bridgehead atoms. The minimum Gasteiger partial charge on any atom is -0.381 e. The highest BCUT2D eigenvalue weighted by Crippen LogP contribution is 2.18. The van der Waals surface area contributed by atoms with Crippen LogP contribution in [-0.2, 0) is 4.74 Å². The van der Waals surface area contributed by atoms with Crippen molar-refractivity contribution in [1.29, 1.82) is 0 Å². The summed E-state index contributed by atoms with van der Waals surface area (Å²) in [5, 5.41) is 3.60. The molecule has 0 spiro atoms. The number of ether oxygens (including phenoxy) is 1. The number of nitrogens with zero attached hydrogens (tertiary/aromatic N) is 1. The predicted octanol–water partition coefficient (Wildman–Crippen LogP) is 1.98. The van der Waals surface area contributed by atoms with Crippen LogP contribution in [0.25, 0.3) is 0 Å². The van der Waals surface area contributed by atoms with Gasteiger partial charge in [0.25, 0.3) is 0 Å². The molecule has 3 unspecified atom stereocenters. The van der Waals surface area contributed by atoms with Gasteiger partial charge in [0, 0.05) is 31.2 Å². The van der Waals surface area contributed by atoms with Crippen molar-refractivity contribution in [2.75, 3.05) is 33.4 Å². The maximum atomic E-state index is 5.63. The van der Waals surface area contributed by atoms with Gasteiger partial charge >= 0.3 is 0 Å². The van der Waals surface area contributed by atoms with Gasteiger partial charge in [-0.05, 0) is 32.9 Å². The molecule has 0 radical (unpaired) electrons. The molecular weight excluding hydrogens is 212 g/mol. The zero-order valence-corrected chi connectivity index (χ0v) is 12.2. The van der Waals surface area contributed by atoms with Crippen molar-refractivity contribution < 1.29 is 4.74 Å². The number of hydrogen-bond acceptors (Lipinski definition) is 3.